The smallest absolute Gasteiger partial charge is 0.328 e. The van der Waals surface area contributed by atoms with Crippen LogP contribution in [0.15, 0.2) is 22.7 Å². The number of rotatable bonds is 4. The Kier molecular flexibility index (Phi) is 5.36. The summed E-state index contributed by atoms with van der Waals surface area (Å²) in [6.45, 7) is 1.94. The van der Waals surface area contributed by atoms with Gasteiger partial charge in [-0.1, -0.05) is 0 Å². The molecule has 8 heteroatoms. The molecule has 2 rings (SSSR count). The van der Waals surface area contributed by atoms with E-state index in [-0.39, 0.29) is 19.8 Å². The van der Waals surface area contributed by atoms with Gasteiger partial charge >= 0.3 is 5.97 Å². The Labute approximate surface area is 134 Å². The molecule has 0 spiro atoms. The van der Waals surface area contributed by atoms with Gasteiger partial charge in [-0.2, -0.15) is 0 Å². The van der Waals surface area contributed by atoms with Crippen LogP contribution in [0.3, 0.4) is 0 Å². The van der Waals surface area contributed by atoms with Crippen molar-refractivity contribution >= 4 is 27.8 Å². The maximum Gasteiger partial charge on any atom is 0.328 e. The molecule has 1 aliphatic rings. The van der Waals surface area contributed by atoms with Crippen molar-refractivity contribution in [2.75, 3.05) is 19.8 Å². The van der Waals surface area contributed by atoms with Crippen molar-refractivity contribution in [3.8, 4) is 5.75 Å². The monoisotopic (exact) mass is 375 g/mol. The zero-order chi connectivity index (χ0) is 16.3. The summed E-state index contributed by atoms with van der Waals surface area (Å²) >= 11 is 3.15. The minimum Gasteiger partial charge on any atom is -0.480 e. The first kappa shape index (κ1) is 16.7. The molecule has 1 aromatic rings. The van der Waals surface area contributed by atoms with Gasteiger partial charge in [0.15, 0.2) is 12.1 Å². The predicted molar refractivity (Wildman–Crippen MR) is 78.1 cm³/mol. The van der Waals surface area contributed by atoms with E-state index in [2.05, 4.69) is 15.9 Å². The third kappa shape index (κ3) is 3.75. The minimum atomic E-state index is -1.12. The van der Waals surface area contributed by atoms with Crippen LogP contribution in [0.2, 0.25) is 0 Å². The maximum atomic E-state index is 13.0. The highest BCUT2D eigenvalue weighted by atomic mass is 79.9. The molecule has 0 aromatic heterocycles. The lowest BCUT2D eigenvalue weighted by Gasteiger charge is -2.34. The van der Waals surface area contributed by atoms with Crippen molar-refractivity contribution in [1.29, 1.82) is 0 Å². The standard InChI is InChI=1S/C14H15BrFNO5/c1-8(22-12-3-2-9(16)6-10(12)15)13(18)17-4-5-21-7-11(17)14(19)20/h2-3,6,8,11H,4-5,7H2,1H3,(H,19,20). The zero-order valence-electron chi connectivity index (χ0n) is 11.8. The Morgan fingerprint density at radius 2 is 2.27 bits per heavy atom. The van der Waals surface area contributed by atoms with Crippen molar-refractivity contribution in [3.05, 3.63) is 28.5 Å². The van der Waals surface area contributed by atoms with Crippen molar-refractivity contribution in [2.24, 2.45) is 0 Å². The molecule has 120 valence electrons. The lowest BCUT2D eigenvalue weighted by molar-refractivity contribution is -0.161. The molecule has 1 aliphatic heterocycles. The zero-order valence-corrected chi connectivity index (χ0v) is 13.4. The quantitative estimate of drug-likeness (QED) is 0.865. The molecular weight excluding hydrogens is 361 g/mol. The predicted octanol–water partition coefficient (Wildman–Crippen LogP) is 1.67. The molecule has 0 bridgehead atoms. The fraction of sp³-hybridized carbons (Fsp3) is 0.429. The molecule has 1 saturated heterocycles. The van der Waals surface area contributed by atoms with Gasteiger partial charge < -0.3 is 19.5 Å². The average Bonchev–Trinajstić information content (AvgIpc) is 2.49. The Bertz CT molecular complexity index is 582. The first-order chi connectivity index (χ1) is 10.4. The summed E-state index contributed by atoms with van der Waals surface area (Å²) in [6, 6.07) is 2.81. The second-order valence-electron chi connectivity index (χ2n) is 4.80. The molecule has 0 radical (unpaired) electrons. The summed E-state index contributed by atoms with van der Waals surface area (Å²) in [4.78, 5) is 24.8. The maximum absolute atomic E-state index is 13.0. The summed E-state index contributed by atoms with van der Waals surface area (Å²) in [5.74, 6) is -1.70. The van der Waals surface area contributed by atoms with Crippen molar-refractivity contribution < 1.29 is 28.6 Å². The van der Waals surface area contributed by atoms with Crippen molar-refractivity contribution in [1.82, 2.24) is 4.90 Å². The number of morpholine rings is 1. The van der Waals surface area contributed by atoms with Crippen molar-refractivity contribution in [2.45, 2.75) is 19.1 Å². The van der Waals surface area contributed by atoms with E-state index in [1.54, 1.807) is 0 Å². The molecule has 1 heterocycles. The van der Waals surface area contributed by atoms with Crippen LogP contribution in [-0.2, 0) is 14.3 Å². The number of benzene rings is 1. The first-order valence-corrected chi connectivity index (χ1v) is 7.42. The number of hydrogen-bond acceptors (Lipinski definition) is 4. The number of carbonyl (C=O) groups is 2. The SMILES string of the molecule is CC(Oc1ccc(F)cc1Br)C(=O)N1CCOCC1C(=O)O. The number of aliphatic carboxylic acids is 1. The number of ether oxygens (including phenoxy) is 2. The highest BCUT2D eigenvalue weighted by Gasteiger charge is 2.35. The van der Waals surface area contributed by atoms with Gasteiger partial charge in [-0.05, 0) is 41.1 Å². The Hall–Kier alpha value is -1.67. The third-order valence-electron chi connectivity index (χ3n) is 3.24. The molecule has 2 unspecified atom stereocenters. The number of hydrogen-bond donors (Lipinski definition) is 1. The molecule has 0 saturated carbocycles. The van der Waals surface area contributed by atoms with Gasteiger partial charge in [0.25, 0.3) is 5.91 Å². The fourth-order valence-electron chi connectivity index (χ4n) is 2.12. The number of amides is 1. The van der Waals surface area contributed by atoms with Gasteiger partial charge in [0.2, 0.25) is 0 Å². The lowest BCUT2D eigenvalue weighted by atomic mass is 10.2. The van der Waals surface area contributed by atoms with Crippen LogP contribution >= 0.6 is 15.9 Å². The molecule has 0 aliphatic carbocycles. The number of carboxylic acid groups (broad SMARTS) is 1. The van der Waals surface area contributed by atoms with E-state index in [1.165, 1.54) is 30.0 Å². The second-order valence-corrected chi connectivity index (χ2v) is 5.65. The topological polar surface area (TPSA) is 76.1 Å². The summed E-state index contributed by atoms with van der Waals surface area (Å²) in [6.07, 6.45) is -0.901. The number of carboxylic acids is 1. The molecule has 1 fully saturated rings. The fourth-order valence-corrected chi connectivity index (χ4v) is 2.56. The summed E-state index contributed by atoms with van der Waals surface area (Å²) in [5.41, 5.74) is 0. The normalized spacial score (nSPS) is 19.6. The van der Waals surface area contributed by atoms with Gasteiger partial charge in [-0.25, -0.2) is 9.18 Å². The van der Waals surface area contributed by atoms with Crippen molar-refractivity contribution in [3.63, 3.8) is 0 Å². The van der Waals surface area contributed by atoms with Crippen LogP contribution in [-0.4, -0.2) is 53.8 Å². The van der Waals surface area contributed by atoms with E-state index in [9.17, 15) is 14.0 Å². The second kappa shape index (κ2) is 7.06. The summed E-state index contributed by atoms with van der Waals surface area (Å²) < 4.78 is 24.0. The van der Waals surface area contributed by atoms with E-state index in [4.69, 9.17) is 14.6 Å². The van der Waals surface area contributed by atoms with Gasteiger partial charge in [0.1, 0.15) is 11.6 Å². The Morgan fingerprint density at radius 1 is 1.55 bits per heavy atom. The van der Waals surface area contributed by atoms with Gasteiger partial charge in [0.05, 0.1) is 17.7 Å². The molecule has 1 aromatic carbocycles. The molecule has 6 nitrogen and oxygen atoms in total. The third-order valence-corrected chi connectivity index (χ3v) is 3.86. The summed E-state index contributed by atoms with van der Waals surface area (Å²) in [5, 5.41) is 9.14. The van der Waals surface area contributed by atoms with Crippen LogP contribution in [0, 0.1) is 5.82 Å². The van der Waals surface area contributed by atoms with Crippen LogP contribution in [0.25, 0.3) is 0 Å². The highest BCUT2D eigenvalue weighted by molar-refractivity contribution is 9.10. The van der Waals surface area contributed by atoms with E-state index in [1.807, 2.05) is 0 Å². The van der Waals surface area contributed by atoms with E-state index >= 15 is 0 Å². The Balaban J connectivity index is 2.09. The molecular formula is C14H15BrFNO5. The van der Waals surface area contributed by atoms with E-state index < -0.39 is 29.8 Å². The molecule has 1 amide bonds. The number of carbonyl (C=O) groups excluding carboxylic acids is 1. The summed E-state index contributed by atoms with van der Waals surface area (Å²) in [7, 11) is 0. The van der Waals surface area contributed by atoms with Crippen LogP contribution in [0.4, 0.5) is 4.39 Å². The van der Waals surface area contributed by atoms with Crippen LogP contribution in [0.5, 0.6) is 5.75 Å². The molecule has 22 heavy (non-hydrogen) atoms. The highest BCUT2D eigenvalue weighted by Crippen LogP contribution is 2.27. The molecule has 2 atom stereocenters. The Morgan fingerprint density at radius 3 is 2.91 bits per heavy atom. The average molecular weight is 376 g/mol. The number of halogens is 2. The van der Waals surface area contributed by atoms with Crippen LogP contribution < -0.4 is 4.74 Å². The van der Waals surface area contributed by atoms with Crippen LogP contribution in [0.1, 0.15) is 6.92 Å². The van der Waals surface area contributed by atoms with E-state index in [0.29, 0.717) is 10.2 Å². The lowest BCUT2D eigenvalue weighted by Crippen LogP contribution is -2.55. The van der Waals surface area contributed by atoms with Gasteiger partial charge in [-0.15, -0.1) is 0 Å². The molecule has 1 N–H and O–H groups in total. The first-order valence-electron chi connectivity index (χ1n) is 6.63. The largest absolute Gasteiger partial charge is 0.480 e. The van der Waals surface area contributed by atoms with E-state index in [0.717, 1.165) is 0 Å². The minimum absolute atomic E-state index is 0.0476. The van der Waals surface area contributed by atoms with Gasteiger partial charge in [0, 0.05) is 6.54 Å². The van der Waals surface area contributed by atoms with Gasteiger partial charge in [-0.3, -0.25) is 4.79 Å². The number of nitrogens with zero attached hydrogens (tertiary/aromatic N) is 1.